The molecule has 1 aromatic heterocycles. The number of carbonyl (C=O) groups excluding carboxylic acids is 2. The van der Waals surface area contributed by atoms with Crippen molar-refractivity contribution in [2.24, 2.45) is 17.6 Å². The van der Waals surface area contributed by atoms with Gasteiger partial charge in [-0.1, -0.05) is 18.9 Å². The summed E-state index contributed by atoms with van der Waals surface area (Å²) in [5, 5.41) is 11.1. The quantitative estimate of drug-likeness (QED) is 0.829. The molecule has 4 rings (SSSR count). The Morgan fingerprint density at radius 1 is 1.15 bits per heavy atom. The lowest BCUT2D eigenvalue weighted by atomic mass is 9.75. The molecule has 1 aliphatic carbocycles. The largest absolute Gasteiger partial charge is 0.389 e. The fraction of sp³-hybridized carbons (Fsp3) is 0.650. The zero-order valence-electron chi connectivity index (χ0n) is 15.6. The van der Waals surface area contributed by atoms with E-state index in [1.54, 1.807) is 12.1 Å². The van der Waals surface area contributed by atoms with E-state index in [1.165, 1.54) is 0 Å². The normalized spacial score (nSPS) is 28.9. The Morgan fingerprint density at radius 3 is 2.63 bits per heavy atom. The summed E-state index contributed by atoms with van der Waals surface area (Å²) in [5.74, 6) is 0.582. The lowest BCUT2D eigenvalue weighted by Crippen LogP contribution is -2.61. The second-order valence-electron chi connectivity index (χ2n) is 8.26. The van der Waals surface area contributed by atoms with Crippen molar-refractivity contribution >= 4 is 17.6 Å². The van der Waals surface area contributed by atoms with Crippen LogP contribution < -0.4 is 10.6 Å². The van der Waals surface area contributed by atoms with Crippen LogP contribution in [-0.4, -0.2) is 58.6 Å². The molecular formula is C20H28N4O3. The van der Waals surface area contributed by atoms with E-state index < -0.39 is 11.5 Å². The number of likely N-dealkylation sites (tertiary alicyclic amines) is 1. The van der Waals surface area contributed by atoms with E-state index >= 15 is 0 Å². The fourth-order valence-corrected chi connectivity index (χ4v) is 4.88. The standard InChI is InChI=1S/C20H28N4O3/c21-18(25)16-6-3-7-17(22-16)23-10-8-20(27)9-11-24(13-15(20)12-23)19(26)14-4-1-2-5-14/h3,6-7,14-15,27H,1-2,4-5,8-13H2,(H2,21,25)/t15-,20-/m1/s1. The monoisotopic (exact) mass is 372 g/mol. The van der Waals surface area contributed by atoms with Gasteiger partial charge in [-0.15, -0.1) is 0 Å². The van der Waals surface area contributed by atoms with Crippen molar-refractivity contribution in [2.75, 3.05) is 31.1 Å². The molecule has 3 aliphatic rings. The number of hydrogen-bond donors (Lipinski definition) is 2. The van der Waals surface area contributed by atoms with Crippen molar-refractivity contribution < 1.29 is 14.7 Å². The number of rotatable bonds is 3. The molecule has 3 N–H and O–H groups in total. The maximum absolute atomic E-state index is 12.8. The SMILES string of the molecule is NC(=O)c1cccc(N2CC[C@@]3(O)CCN(C(=O)C4CCCC4)C[C@H]3C2)n1. The van der Waals surface area contributed by atoms with E-state index in [-0.39, 0.29) is 23.4 Å². The maximum Gasteiger partial charge on any atom is 0.267 e. The average molecular weight is 372 g/mol. The van der Waals surface area contributed by atoms with Crippen molar-refractivity contribution in [3.63, 3.8) is 0 Å². The number of hydrogen-bond acceptors (Lipinski definition) is 5. The molecular weight excluding hydrogens is 344 g/mol. The molecule has 3 heterocycles. The van der Waals surface area contributed by atoms with Gasteiger partial charge in [0.2, 0.25) is 5.91 Å². The number of anilines is 1. The minimum absolute atomic E-state index is 0.00983. The van der Waals surface area contributed by atoms with Crippen LogP contribution in [0.1, 0.15) is 49.0 Å². The highest BCUT2D eigenvalue weighted by Gasteiger charge is 2.46. The number of nitrogens with zero attached hydrogens (tertiary/aromatic N) is 3. The van der Waals surface area contributed by atoms with E-state index in [9.17, 15) is 14.7 Å². The summed E-state index contributed by atoms with van der Waals surface area (Å²) in [5.41, 5.74) is 4.87. The number of primary amides is 1. The van der Waals surface area contributed by atoms with Gasteiger partial charge in [-0.3, -0.25) is 9.59 Å². The molecule has 1 saturated carbocycles. The number of pyridine rings is 1. The Bertz CT molecular complexity index is 734. The second-order valence-corrected chi connectivity index (χ2v) is 8.26. The maximum atomic E-state index is 12.8. The van der Waals surface area contributed by atoms with Crippen LogP contribution in [0.5, 0.6) is 0 Å². The minimum atomic E-state index is -0.718. The van der Waals surface area contributed by atoms with Crippen molar-refractivity contribution in [1.82, 2.24) is 9.88 Å². The van der Waals surface area contributed by atoms with Crippen LogP contribution >= 0.6 is 0 Å². The lowest BCUT2D eigenvalue weighted by Gasteiger charge is -2.50. The zero-order valence-corrected chi connectivity index (χ0v) is 15.6. The van der Waals surface area contributed by atoms with Gasteiger partial charge in [0, 0.05) is 38.0 Å². The van der Waals surface area contributed by atoms with Crippen molar-refractivity contribution in [1.29, 1.82) is 0 Å². The summed E-state index contributed by atoms with van der Waals surface area (Å²) in [6.07, 6.45) is 5.57. The zero-order chi connectivity index (χ0) is 19.0. The van der Waals surface area contributed by atoms with E-state index in [1.807, 2.05) is 11.0 Å². The molecule has 2 saturated heterocycles. The summed E-state index contributed by atoms with van der Waals surface area (Å²) in [6.45, 7) is 2.55. The third-order valence-corrected chi connectivity index (χ3v) is 6.60. The van der Waals surface area contributed by atoms with Gasteiger partial charge in [0.05, 0.1) is 5.60 Å². The minimum Gasteiger partial charge on any atom is -0.389 e. The Kier molecular flexibility index (Phi) is 4.80. The number of fused-ring (bicyclic) bond motifs is 1. The highest BCUT2D eigenvalue weighted by atomic mass is 16.3. The third kappa shape index (κ3) is 3.52. The molecule has 0 spiro atoms. The third-order valence-electron chi connectivity index (χ3n) is 6.60. The van der Waals surface area contributed by atoms with Gasteiger partial charge < -0.3 is 20.6 Å². The Morgan fingerprint density at radius 2 is 1.89 bits per heavy atom. The Hall–Kier alpha value is -2.15. The van der Waals surface area contributed by atoms with Crippen molar-refractivity contribution in [2.45, 2.75) is 44.1 Å². The molecule has 2 atom stereocenters. The average Bonchev–Trinajstić information content (AvgIpc) is 3.21. The lowest BCUT2D eigenvalue weighted by molar-refractivity contribution is -0.145. The number of carbonyl (C=O) groups is 2. The predicted molar refractivity (Wildman–Crippen MR) is 101 cm³/mol. The molecule has 146 valence electrons. The molecule has 7 nitrogen and oxygen atoms in total. The van der Waals surface area contributed by atoms with Crippen LogP contribution in [0.2, 0.25) is 0 Å². The van der Waals surface area contributed by atoms with Gasteiger partial charge in [-0.05, 0) is 37.8 Å². The molecule has 3 fully saturated rings. The molecule has 7 heteroatoms. The van der Waals surface area contributed by atoms with Crippen LogP contribution in [0, 0.1) is 11.8 Å². The number of amides is 2. The molecule has 2 aliphatic heterocycles. The first kappa shape index (κ1) is 18.2. The van der Waals surface area contributed by atoms with E-state index in [4.69, 9.17) is 5.73 Å². The Balaban J connectivity index is 1.48. The highest BCUT2D eigenvalue weighted by Crippen LogP contribution is 2.38. The Labute approximate surface area is 159 Å². The van der Waals surface area contributed by atoms with Crippen LogP contribution in [0.4, 0.5) is 5.82 Å². The van der Waals surface area contributed by atoms with Gasteiger partial charge in [0.1, 0.15) is 11.5 Å². The van der Waals surface area contributed by atoms with Crippen molar-refractivity contribution in [3.05, 3.63) is 23.9 Å². The van der Waals surface area contributed by atoms with Crippen LogP contribution in [0.15, 0.2) is 18.2 Å². The number of aliphatic hydroxyl groups is 1. The molecule has 27 heavy (non-hydrogen) atoms. The molecule has 1 aromatic rings. The van der Waals surface area contributed by atoms with Gasteiger partial charge in [0.25, 0.3) is 5.91 Å². The van der Waals surface area contributed by atoms with Gasteiger partial charge >= 0.3 is 0 Å². The van der Waals surface area contributed by atoms with Crippen molar-refractivity contribution in [3.8, 4) is 0 Å². The van der Waals surface area contributed by atoms with Crippen LogP contribution in [0.25, 0.3) is 0 Å². The van der Waals surface area contributed by atoms with Crippen LogP contribution in [0.3, 0.4) is 0 Å². The van der Waals surface area contributed by atoms with Crippen LogP contribution in [-0.2, 0) is 4.79 Å². The second kappa shape index (κ2) is 7.11. The van der Waals surface area contributed by atoms with Gasteiger partial charge in [-0.25, -0.2) is 4.98 Å². The van der Waals surface area contributed by atoms with E-state index in [0.29, 0.717) is 44.8 Å². The molecule has 2 amide bonds. The first-order chi connectivity index (χ1) is 13.0. The smallest absolute Gasteiger partial charge is 0.267 e. The predicted octanol–water partition coefficient (Wildman–Crippen LogP) is 1.16. The number of aromatic nitrogens is 1. The molecule has 0 radical (unpaired) electrons. The molecule has 0 unspecified atom stereocenters. The molecule has 0 aromatic carbocycles. The summed E-state index contributed by atoms with van der Waals surface area (Å²) in [6, 6.07) is 5.25. The molecule has 0 bridgehead atoms. The van der Waals surface area contributed by atoms with E-state index in [0.717, 1.165) is 25.7 Å². The first-order valence-corrected chi connectivity index (χ1v) is 9.99. The van der Waals surface area contributed by atoms with Gasteiger partial charge in [-0.2, -0.15) is 0 Å². The first-order valence-electron chi connectivity index (χ1n) is 9.99. The number of piperidine rings is 2. The number of nitrogens with two attached hydrogens (primary N) is 1. The summed E-state index contributed by atoms with van der Waals surface area (Å²) < 4.78 is 0. The highest BCUT2D eigenvalue weighted by molar-refractivity contribution is 5.91. The summed E-state index contributed by atoms with van der Waals surface area (Å²) in [7, 11) is 0. The topological polar surface area (TPSA) is 99.8 Å². The fourth-order valence-electron chi connectivity index (χ4n) is 4.88. The van der Waals surface area contributed by atoms with Gasteiger partial charge in [0.15, 0.2) is 0 Å². The summed E-state index contributed by atoms with van der Waals surface area (Å²) >= 11 is 0. The van der Waals surface area contributed by atoms with E-state index in [2.05, 4.69) is 9.88 Å². The summed E-state index contributed by atoms with van der Waals surface area (Å²) in [4.78, 5) is 32.7.